The van der Waals surface area contributed by atoms with Gasteiger partial charge in [-0.25, -0.2) is 4.98 Å². The minimum absolute atomic E-state index is 0.550. The van der Waals surface area contributed by atoms with Crippen molar-refractivity contribution in [3.63, 3.8) is 0 Å². The summed E-state index contributed by atoms with van der Waals surface area (Å²) in [6, 6.07) is 3.81. The number of hydrogen-bond donors (Lipinski definition) is 1. The van der Waals surface area contributed by atoms with Gasteiger partial charge in [0.25, 0.3) is 0 Å². The molecule has 1 N–H and O–H groups in total. The molecule has 1 aromatic heterocycles. The Labute approximate surface area is 78.0 Å². The highest BCUT2D eigenvalue weighted by atomic mass is 35.5. The second kappa shape index (κ2) is 4.99. The average molecular weight is 185 g/mol. The molecule has 0 saturated carbocycles. The van der Waals surface area contributed by atoms with Gasteiger partial charge in [0, 0.05) is 12.7 Å². The van der Waals surface area contributed by atoms with Crippen LogP contribution < -0.4 is 5.32 Å². The lowest BCUT2D eigenvalue weighted by Crippen LogP contribution is -2.01. The summed E-state index contributed by atoms with van der Waals surface area (Å²) in [5.41, 5.74) is 0.924. The van der Waals surface area contributed by atoms with E-state index >= 15 is 0 Å². The van der Waals surface area contributed by atoms with Crippen molar-refractivity contribution in [1.82, 2.24) is 4.98 Å². The SMILES string of the molecule is CCCCNc1cccnc1Cl. The van der Waals surface area contributed by atoms with E-state index in [1.165, 1.54) is 6.42 Å². The maximum Gasteiger partial charge on any atom is 0.152 e. The molecule has 0 aliphatic heterocycles. The predicted molar refractivity (Wildman–Crippen MR) is 52.6 cm³/mol. The molecule has 0 atom stereocenters. The second-order valence-corrected chi connectivity index (χ2v) is 2.98. The number of nitrogens with one attached hydrogen (secondary N) is 1. The summed E-state index contributed by atoms with van der Waals surface area (Å²) < 4.78 is 0. The Morgan fingerprint density at radius 2 is 2.42 bits per heavy atom. The minimum Gasteiger partial charge on any atom is -0.383 e. The Bertz CT molecular complexity index is 238. The topological polar surface area (TPSA) is 24.9 Å². The highest BCUT2D eigenvalue weighted by molar-refractivity contribution is 6.31. The van der Waals surface area contributed by atoms with Gasteiger partial charge < -0.3 is 5.32 Å². The van der Waals surface area contributed by atoms with Crippen molar-refractivity contribution in [3.8, 4) is 0 Å². The van der Waals surface area contributed by atoms with Gasteiger partial charge in [0.1, 0.15) is 0 Å². The highest BCUT2D eigenvalue weighted by Gasteiger charge is 1.96. The van der Waals surface area contributed by atoms with Crippen LogP contribution in [0, 0.1) is 0 Å². The summed E-state index contributed by atoms with van der Waals surface area (Å²) in [4.78, 5) is 3.96. The molecule has 2 nitrogen and oxygen atoms in total. The van der Waals surface area contributed by atoms with Crippen LogP contribution in [0.15, 0.2) is 18.3 Å². The van der Waals surface area contributed by atoms with Crippen LogP contribution in [0.4, 0.5) is 5.69 Å². The molecule has 1 rings (SSSR count). The minimum atomic E-state index is 0.550. The van der Waals surface area contributed by atoms with Gasteiger partial charge in [-0.05, 0) is 18.6 Å². The number of pyridine rings is 1. The van der Waals surface area contributed by atoms with Gasteiger partial charge in [0.2, 0.25) is 0 Å². The Balaban J connectivity index is 2.46. The molecule has 0 aliphatic rings. The van der Waals surface area contributed by atoms with Crippen LogP contribution in [0.2, 0.25) is 5.15 Å². The number of nitrogens with zero attached hydrogens (tertiary/aromatic N) is 1. The summed E-state index contributed by atoms with van der Waals surface area (Å²) in [6.45, 7) is 3.12. The van der Waals surface area contributed by atoms with E-state index in [0.29, 0.717) is 5.15 Å². The van der Waals surface area contributed by atoms with Crippen LogP contribution in [0.5, 0.6) is 0 Å². The fourth-order valence-corrected chi connectivity index (χ4v) is 1.10. The standard InChI is InChI=1S/C9H13ClN2/c1-2-3-6-11-8-5-4-7-12-9(8)10/h4-5,7,11H,2-3,6H2,1H3. The molecule has 0 aromatic carbocycles. The predicted octanol–water partition coefficient (Wildman–Crippen LogP) is 2.95. The fraction of sp³-hybridized carbons (Fsp3) is 0.444. The lowest BCUT2D eigenvalue weighted by atomic mass is 10.3. The van der Waals surface area contributed by atoms with E-state index < -0.39 is 0 Å². The maximum atomic E-state index is 5.83. The van der Waals surface area contributed by atoms with Crippen molar-refractivity contribution in [2.75, 3.05) is 11.9 Å². The lowest BCUT2D eigenvalue weighted by molar-refractivity contribution is 0.834. The van der Waals surface area contributed by atoms with Crippen molar-refractivity contribution in [3.05, 3.63) is 23.5 Å². The number of halogens is 1. The fourth-order valence-electron chi connectivity index (χ4n) is 0.918. The van der Waals surface area contributed by atoms with Crippen molar-refractivity contribution in [2.45, 2.75) is 19.8 Å². The smallest absolute Gasteiger partial charge is 0.152 e. The molecule has 3 heteroatoms. The largest absolute Gasteiger partial charge is 0.383 e. The second-order valence-electron chi connectivity index (χ2n) is 2.62. The van der Waals surface area contributed by atoms with Crippen LogP contribution in [0.1, 0.15) is 19.8 Å². The third-order valence-corrected chi connectivity index (χ3v) is 1.91. The van der Waals surface area contributed by atoms with E-state index in [1.54, 1.807) is 6.20 Å². The normalized spacial score (nSPS) is 9.83. The molecule has 12 heavy (non-hydrogen) atoms. The summed E-state index contributed by atoms with van der Waals surface area (Å²) in [5.74, 6) is 0. The number of rotatable bonds is 4. The van der Waals surface area contributed by atoms with E-state index in [0.717, 1.165) is 18.7 Å². The molecule has 1 heterocycles. The van der Waals surface area contributed by atoms with Gasteiger partial charge in [0.15, 0.2) is 5.15 Å². The molecule has 0 saturated heterocycles. The summed E-state index contributed by atoms with van der Waals surface area (Å²) in [6.07, 6.45) is 4.03. The van der Waals surface area contributed by atoms with Crippen LogP contribution in [0.25, 0.3) is 0 Å². The molecule has 0 spiro atoms. The molecular formula is C9H13ClN2. The van der Waals surface area contributed by atoms with E-state index in [9.17, 15) is 0 Å². The third kappa shape index (κ3) is 2.70. The first-order valence-corrected chi connectivity index (χ1v) is 4.56. The number of hydrogen-bond acceptors (Lipinski definition) is 2. The lowest BCUT2D eigenvalue weighted by Gasteiger charge is -2.05. The molecule has 1 aromatic rings. The third-order valence-electron chi connectivity index (χ3n) is 1.60. The van der Waals surface area contributed by atoms with Gasteiger partial charge >= 0.3 is 0 Å². The van der Waals surface area contributed by atoms with Crippen molar-refractivity contribution in [1.29, 1.82) is 0 Å². The first-order chi connectivity index (χ1) is 5.84. The summed E-state index contributed by atoms with van der Waals surface area (Å²) >= 11 is 5.83. The Morgan fingerprint density at radius 3 is 3.08 bits per heavy atom. The number of anilines is 1. The number of aromatic nitrogens is 1. The quantitative estimate of drug-likeness (QED) is 0.575. The highest BCUT2D eigenvalue weighted by Crippen LogP contribution is 2.16. The maximum absolute atomic E-state index is 5.83. The van der Waals surface area contributed by atoms with Crippen LogP contribution in [-0.2, 0) is 0 Å². The van der Waals surface area contributed by atoms with Crippen LogP contribution in [0.3, 0.4) is 0 Å². The molecule has 66 valence electrons. The molecule has 0 bridgehead atoms. The van der Waals surface area contributed by atoms with Gasteiger partial charge in [-0.2, -0.15) is 0 Å². The van der Waals surface area contributed by atoms with Gasteiger partial charge in [-0.3, -0.25) is 0 Å². The molecule has 0 amide bonds. The monoisotopic (exact) mass is 184 g/mol. The Kier molecular flexibility index (Phi) is 3.88. The Hall–Kier alpha value is -0.760. The van der Waals surface area contributed by atoms with Gasteiger partial charge in [-0.1, -0.05) is 24.9 Å². The number of unbranched alkanes of at least 4 members (excludes halogenated alkanes) is 1. The van der Waals surface area contributed by atoms with Crippen molar-refractivity contribution >= 4 is 17.3 Å². The molecule has 0 unspecified atom stereocenters. The zero-order chi connectivity index (χ0) is 8.81. The van der Waals surface area contributed by atoms with E-state index in [4.69, 9.17) is 11.6 Å². The van der Waals surface area contributed by atoms with Crippen LogP contribution in [-0.4, -0.2) is 11.5 Å². The summed E-state index contributed by atoms with van der Waals surface area (Å²) in [7, 11) is 0. The van der Waals surface area contributed by atoms with Gasteiger partial charge in [-0.15, -0.1) is 0 Å². The zero-order valence-corrected chi connectivity index (χ0v) is 7.93. The van der Waals surface area contributed by atoms with Crippen LogP contribution >= 0.6 is 11.6 Å². The molecule has 0 aliphatic carbocycles. The summed E-state index contributed by atoms with van der Waals surface area (Å²) in [5, 5.41) is 3.77. The Morgan fingerprint density at radius 1 is 1.58 bits per heavy atom. The zero-order valence-electron chi connectivity index (χ0n) is 7.18. The van der Waals surface area contributed by atoms with Crippen molar-refractivity contribution < 1.29 is 0 Å². The van der Waals surface area contributed by atoms with Gasteiger partial charge in [0.05, 0.1) is 5.69 Å². The average Bonchev–Trinajstić information content (AvgIpc) is 2.09. The van der Waals surface area contributed by atoms with E-state index in [-0.39, 0.29) is 0 Å². The van der Waals surface area contributed by atoms with E-state index in [1.807, 2.05) is 12.1 Å². The van der Waals surface area contributed by atoms with Crippen molar-refractivity contribution in [2.24, 2.45) is 0 Å². The molecule has 0 radical (unpaired) electrons. The first-order valence-electron chi connectivity index (χ1n) is 4.19. The first kappa shape index (κ1) is 9.33. The molecular weight excluding hydrogens is 172 g/mol. The van der Waals surface area contributed by atoms with E-state index in [2.05, 4.69) is 17.2 Å². The molecule has 0 fully saturated rings.